The summed E-state index contributed by atoms with van der Waals surface area (Å²) < 4.78 is 5.19. The molecule has 1 fully saturated rings. The lowest BCUT2D eigenvalue weighted by atomic mass is 10.1. The van der Waals surface area contributed by atoms with Crippen LogP contribution in [0.5, 0.6) is 5.75 Å². The number of carbonyl (C=O) groups excluding carboxylic acids is 2. The molecule has 1 unspecified atom stereocenters. The molecule has 2 rings (SSSR count). The van der Waals surface area contributed by atoms with Crippen LogP contribution in [0.15, 0.2) is 24.3 Å². The first-order valence-electron chi connectivity index (χ1n) is 7.35. The number of piperazine rings is 1. The lowest BCUT2D eigenvalue weighted by Gasteiger charge is -2.32. The van der Waals surface area contributed by atoms with E-state index < -0.39 is 0 Å². The summed E-state index contributed by atoms with van der Waals surface area (Å²) in [6.07, 6.45) is 2.29. The van der Waals surface area contributed by atoms with Gasteiger partial charge in [-0.3, -0.25) is 9.59 Å². The van der Waals surface area contributed by atoms with Crippen LogP contribution in [0.2, 0.25) is 0 Å². The molecule has 1 saturated heterocycles. The summed E-state index contributed by atoms with van der Waals surface area (Å²) in [5.41, 5.74) is 1.10. The first-order chi connectivity index (χ1) is 10.1. The van der Waals surface area contributed by atoms with Crippen LogP contribution in [0, 0.1) is 0 Å². The van der Waals surface area contributed by atoms with Crippen LogP contribution in [-0.2, 0) is 16.0 Å². The largest absolute Gasteiger partial charge is 0.497 e. The lowest BCUT2D eigenvalue weighted by molar-refractivity contribution is -0.144. The zero-order valence-corrected chi connectivity index (χ0v) is 12.6. The van der Waals surface area contributed by atoms with Crippen molar-refractivity contribution in [1.29, 1.82) is 0 Å². The number of carbonyl (C=O) groups is 2. The average Bonchev–Trinajstić information content (AvgIpc) is 2.49. The van der Waals surface area contributed by atoms with Gasteiger partial charge >= 0.3 is 0 Å². The average molecular weight is 290 g/mol. The fourth-order valence-electron chi connectivity index (χ4n) is 2.54. The number of amides is 2. The van der Waals surface area contributed by atoms with Crippen LogP contribution in [0.25, 0.3) is 0 Å². The van der Waals surface area contributed by atoms with Crippen LogP contribution >= 0.6 is 0 Å². The molecule has 2 amide bonds. The Morgan fingerprint density at radius 3 is 2.90 bits per heavy atom. The van der Waals surface area contributed by atoms with Crippen LogP contribution in [-0.4, -0.2) is 43.0 Å². The molecule has 1 aromatic carbocycles. The van der Waals surface area contributed by atoms with E-state index in [1.807, 2.05) is 31.2 Å². The normalized spacial score (nSPS) is 18.6. The molecule has 5 heteroatoms. The topological polar surface area (TPSA) is 58.6 Å². The van der Waals surface area contributed by atoms with Crippen LogP contribution in [0.1, 0.15) is 25.3 Å². The van der Waals surface area contributed by atoms with E-state index in [4.69, 9.17) is 4.74 Å². The fourth-order valence-corrected chi connectivity index (χ4v) is 2.54. The molecule has 1 heterocycles. The van der Waals surface area contributed by atoms with Gasteiger partial charge in [0.1, 0.15) is 11.8 Å². The molecule has 1 N–H and O–H groups in total. The zero-order chi connectivity index (χ0) is 15.2. The standard InChI is InChI=1S/C16H22N2O3/c1-3-5-14-16(20)18(11-15(19)17-14)9-8-12-6-4-7-13(10-12)21-2/h4,6-7,10,14H,3,5,8-9,11H2,1-2H3,(H,17,19). The molecule has 0 aliphatic carbocycles. The Hall–Kier alpha value is -2.04. The Bertz CT molecular complexity index is 516. The Balaban J connectivity index is 1.97. The second-order valence-corrected chi connectivity index (χ2v) is 5.27. The molecular weight excluding hydrogens is 268 g/mol. The Labute approximate surface area is 125 Å². The maximum Gasteiger partial charge on any atom is 0.245 e. The van der Waals surface area contributed by atoms with Gasteiger partial charge in [0.2, 0.25) is 11.8 Å². The summed E-state index contributed by atoms with van der Waals surface area (Å²) in [5.74, 6) is 0.761. The van der Waals surface area contributed by atoms with Crippen molar-refractivity contribution in [2.45, 2.75) is 32.2 Å². The first kappa shape index (κ1) is 15.4. The second-order valence-electron chi connectivity index (χ2n) is 5.27. The Morgan fingerprint density at radius 2 is 2.19 bits per heavy atom. The second kappa shape index (κ2) is 7.11. The van der Waals surface area contributed by atoms with Gasteiger partial charge in [0.05, 0.1) is 13.7 Å². The van der Waals surface area contributed by atoms with E-state index in [0.29, 0.717) is 13.0 Å². The summed E-state index contributed by atoms with van der Waals surface area (Å²) >= 11 is 0. The molecule has 0 saturated carbocycles. The van der Waals surface area contributed by atoms with E-state index in [1.54, 1.807) is 12.0 Å². The van der Waals surface area contributed by atoms with Crippen LogP contribution < -0.4 is 10.1 Å². The molecule has 21 heavy (non-hydrogen) atoms. The molecule has 1 atom stereocenters. The van der Waals surface area contributed by atoms with Crippen molar-refractivity contribution in [3.63, 3.8) is 0 Å². The number of benzene rings is 1. The zero-order valence-electron chi connectivity index (χ0n) is 12.6. The van der Waals surface area contributed by atoms with Gasteiger partial charge in [0.15, 0.2) is 0 Å². The van der Waals surface area contributed by atoms with Gasteiger partial charge < -0.3 is 15.0 Å². The van der Waals surface area contributed by atoms with E-state index in [-0.39, 0.29) is 24.4 Å². The minimum atomic E-state index is -0.360. The first-order valence-corrected chi connectivity index (χ1v) is 7.35. The van der Waals surface area contributed by atoms with Gasteiger partial charge in [-0.05, 0) is 30.5 Å². The van der Waals surface area contributed by atoms with Crippen molar-refractivity contribution in [1.82, 2.24) is 10.2 Å². The van der Waals surface area contributed by atoms with Gasteiger partial charge in [-0.15, -0.1) is 0 Å². The summed E-state index contributed by atoms with van der Waals surface area (Å²) in [5, 5.41) is 2.76. The predicted octanol–water partition coefficient (Wildman–Crippen LogP) is 1.36. The molecule has 1 aromatic rings. The molecule has 5 nitrogen and oxygen atoms in total. The van der Waals surface area contributed by atoms with Crippen molar-refractivity contribution >= 4 is 11.8 Å². The maximum atomic E-state index is 12.3. The van der Waals surface area contributed by atoms with Gasteiger partial charge in [0.25, 0.3) is 0 Å². The number of hydrogen-bond acceptors (Lipinski definition) is 3. The third kappa shape index (κ3) is 3.97. The minimum absolute atomic E-state index is 0.0272. The van der Waals surface area contributed by atoms with E-state index in [0.717, 1.165) is 24.2 Å². The predicted molar refractivity (Wildman–Crippen MR) is 80.1 cm³/mol. The summed E-state index contributed by atoms with van der Waals surface area (Å²) in [6.45, 7) is 2.72. The number of rotatable bonds is 6. The van der Waals surface area contributed by atoms with Gasteiger partial charge in [0, 0.05) is 6.54 Å². The summed E-state index contributed by atoms with van der Waals surface area (Å²) in [6, 6.07) is 7.42. The molecular formula is C16H22N2O3. The van der Waals surface area contributed by atoms with E-state index >= 15 is 0 Å². The van der Waals surface area contributed by atoms with Gasteiger partial charge in [-0.2, -0.15) is 0 Å². The van der Waals surface area contributed by atoms with Crippen molar-refractivity contribution in [3.05, 3.63) is 29.8 Å². The summed E-state index contributed by atoms with van der Waals surface area (Å²) in [7, 11) is 1.63. The summed E-state index contributed by atoms with van der Waals surface area (Å²) in [4.78, 5) is 25.6. The highest BCUT2D eigenvalue weighted by Crippen LogP contribution is 2.14. The molecule has 114 valence electrons. The minimum Gasteiger partial charge on any atom is -0.497 e. The smallest absolute Gasteiger partial charge is 0.245 e. The van der Waals surface area contributed by atoms with Gasteiger partial charge in [-0.1, -0.05) is 25.5 Å². The van der Waals surface area contributed by atoms with E-state index in [9.17, 15) is 9.59 Å². The monoisotopic (exact) mass is 290 g/mol. The van der Waals surface area contributed by atoms with Crippen molar-refractivity contribution < 1.29 is 14.3 Å². The number of hydrogen-bond donors (Lipinski definition) is 1. The third-order valence-electron chi connectivity index (χ3n) is 3.66. The number of methoxy groups -OCH3 is 1. The Morgan fingerprint density at radius 1 is 1.38 bits per heavy atom. The molecule has 0 bridgehead atoms. The van der Waals surface area contributed by atoms with E-state index in [2.05, 4.69) is 5.32 Å². The Kier molecular flexibility index (Phi) is 5.20. The highest BCUT2D eigenvalue weighted by molar-refractivity contribution is 5.94. The highest BCUT2D eigenvalue weighted by Gasteiger charge is 2.31. The number of nitrogens with zero attached hydrogens (tertiary/aromatic N) is 1. The van der Waals surface area contributed by atoms with E-state index in [1.165, 1.54) is 0 Å². The molecule has 0 spiro atoms. The quantitative estimate of drug-likeness (QED) is 0.860. The molecule has 0 radical (unpaired) electrons. The van der Waals surface area contributed by atoms with Crippen molar-refractivity contribution in [3.8, 4) is 5.75 Å². The third-order valence-corrected chi connectivity index (χ3v) is 3.66. The number of nitrogens with one attached hydrogen (secondary N) is 1. The van der Waals surface area contributed by atoms with Crippen LogP contribution in [0.4, 0.5) is 0 Å². The number of ether oxygens (including phenoxy) is 1. The lowest BCUT2D eigenvalue weighted by Crippen LogP contribution is -2.58. The maximum absolute atomic E-state index is 12.3. The van der Waals surface area contributed by atoms with Crippen molar-refractivity contribution in [2.75, 3.05) is 20.2 Å². The highest BCUT2D eigenvalue weighted by atomic mass is 16.5. The van der Waals surface area contributed by atoms with Gasteiger partial charge in [-0.25, -0.2) is 0 Å². The molecule has 1 aliphatic heterocycles. The molecule has 0 aromatic heterocycles. The van der Waals surface area contributed by atoms with Crippen LogP contribution in [0.3, 0.4) is 0 Å². The fraction of sp³-hybridized carbons (Fsp3) is 0.500. The van der Waals surface area contributed by atoms with Crippen molar-refractivity contribution in [2.24, 2.45) is 0 Å². The molecule has 1 aliphatic rings. The SMILES string of the molecule is CCCC1NC(=O)CN(CCc2cccc(OC)c2)C1=O.